The maximum absolute atomic E-state index is 11.9. The lowest BCUT2D eigenvalue weighted by atomic mass is 10.3. The van der Waals surface area contributed by atoms with Gasteiger partial charge in [-0.3, -0.25) is 0 Å². The number of nitrogens with zero attached hydrogens (tertiary/aromatic N) is 1. The van der Waals surface area contributed by atoms with Gasteiger partial charge in [-0.1, -0.05) is 15.9 Å². The van der Waals surface area contributed by atoms with E-state index in [1.807, 2.05) is 31.2 Å². The molecule has 86 valence electrons. The highest BCUT2D eigenvalue weighted by Crippen LogP contribution is 2.21. The largest absolute Gasteiger partial charge is 0.445 e. The topological polar surface area (TPSA) is 50.9 Å². The Labute approximate surface area is 105 Å². The van der Waals surface area contributed by atoms with Crippen molar-refractivity contribution in [2.45, 2.75) is 6.92 Å². The summed E-state index contributed by atoms with van der Waals surface area (Å²) in [6.45, 7) is 1.85. The highest BCUT2D eigenvalue weighted by molar-refractivity contribution is 9.10. The third-order valence-corrected chi connectivity index (χ3v) is 3.09. The van der Waals surface area contributed by atoms with Crippen LogP contribution >= 0.6 is 15.9 Å². The summed E-state index contributed by atoms with van der Waals surface area (Å²) in [7, 11) is 0. The first-order valence-corrected chi connectivity index (χ1v) is 5.91. The van der Waals surface area contributed by atoms with E-state index >= 15 is 0 Å². The summed E-state index contributed by atoms with van der Waals surface area (Å²) in [5.41, 5.74) is 1.37. The average molecular weight is 293 g/mol. The number of aryl methyl sites for hydroxylation is 1. The average Bonchev–Trinajstić information content (AvgIpc) is 2.81. The number of fused-ring (bicyclic) bond motifs is 1. The first kappa shape index (κ1) is 10.4. The van der Waals surface area contributed by atoms with Gasteiger partial charge in [0.15, 0.2) is 0 Å². The molecule has 0 atom stereocenters. The standard InChI is InChI=1S/C12H9BrN2O2/c1-7-2-5-11(17-7)15-10-6-8(13)3-4-9(10)14-12(15)16/h2-6H,1H3,(H,14,16). The fourth-order valence-corrected chi connectivity index (χ4v) is 2.19. The van der Waals surface area contributed by atoms with Crippen molar-refractivity contribution in [2.24, 2.45) is 0 Å². The minimum Gasteiger partial charge on any atom is -0.445 e. The summed E-state index contributed by atoms with van der Waals surface area (Å²) in [6, 6.07) is 9.23. The summed E-state index contributed by atoms with van der Waals surface area (Å²) in [5, 5.41) is 0. The molecule has 0 fully saturated rings. The van der Waals surface area contributed by atoms with Gasteiger partial charge in [0.1, 0.15) is 5.76 Å². The molecule has 4 nitrogen and oxygen atoms in total. The fraction of sp³-hybridized carbons (Fsp3) is 0.0833. The number of aromatic nitrogens is 2. The molecule has 0 aliphatic rings. The molecule has 1 aromatic carbocycles. The molecule has 0 radical (unpaired) electrons. The lowest BCUT2D eigenvalue weighted by Crippen LogP contribution is -2.13. The van der Waals surface area contributed by atoms with Gasteiger partial charge in [-0.15, -0.1) is 0 Å². The normalized spacial score (nSPS) is 11.2. The van der Waals surface area contributed by atoms with Crippen LogP contribution in [0.15, 0.2) is 44.0 Å². The van der Waals surface area contributed by atoms with Crippen LogP contribution in [0.2, 0.25) is 0 Å². The van der Waals surface area contributed by atoms with Crippen molar-refractivity contribution in [3.63, 3.8) is 0 Å². The quantitative estimate of drug-likeness (QED) is 0.750. The molecule has 0 aliphatic heterocycles. The number of nitrogens with one attached hydrogen (secondary N) is 1. The van der Waals surface area contributed by atoms with Crippen LogP contribution in [0.1, 0.15) is 5.76 Å². The molecule has 2 heterocycles. The van der Waals surface area contributed by atoms with E-state index in [4.69, 9.17) is 4.42 Å². The second-order valence-corrected chi connectivity index (χ2v) is 4.73. The van der Waals surface area contributed by atoms with Crippen molar-refractivity contribution in [1.82, 2.24) is 9.55 Å². The Morgan fingerprint density at radius 3 is 2.82 bits per heavy atom. The van der Waals surface area contributed by atoms with E-state index in [0.717, 1.165) is 21.3 Å². The van der Waals surface area contributed by atoms with Crippen LogP contribution in [0.5, 0.6) is 0 Å². The highest BCUT2D eigenvalue weighted by atomic mass is 79.9. The zero-order valence-electron chi connectivity index (χ0n) is 9.03. The zero-order chi connectivity index (χ0) is 12.0. The first-order chi connectivity index (χ1) is 8.15. The van der Waals surface area contributed by atoms with Crippen LogP contribution in [-0.2, 0) is 0 Å². The number of H-pyrrole nitrogens is 1. The van der Waals surface area contributed by atoms with E-state index in [1.54, 1.807) is 6.07 Å². The number of hydrogen-bond acceptors (Lipinski definition) is 2. The van der Waals surface area contributed by atoms with Gasteiger partial charge in [-0.05, 0) is 31.2 Å². The fourth-order valence-electron chi connectivity index (χ4n) is 1.84. The third kappa shape index (κ3) is 1.63. The predicted octanol–water partition coefficient (Wildman–Crippen LogP) is 2.98. The Kier molecular flexibility index (Phi) is 2.22. The lowest BCUT2D eigenvalue weighted by molar-refractivity contribution is 0.510. The molecule has 0 amide bonds. The molecule has 3 aromatic rings. The highest BCUT2D eigenvalue weighted by Gasteiger charge is 2.11. The van der Waals surface area contributed by atoms with E-state index in [2.05, 4.69) is 20.9 Å². The van der Waals surface area contributed by atoms with Crippen LogP contribution in [0.3, 0.4) is 0 Å². The number of aromatic amines is 1. The van der Waals surface area contributed by atoms with E-state index in [9.17, 15) is 4.79 Å². The third-order valence-electron chi connectivity index (χ3n) is 2.59. The first-order valence-electron chi connectivity index (χ1n) is 5.12. The summed E-state index contributed by atoms with van der Waals surface area (Å²) in [4.78, 5) is 14.7. The maximum Gasteiger partial charge on any atom is 0.333 e. The van der Waals surface area contributed by atoms with Gasteiger partial charge >= 0.3 is 5.69 Å². The molecule has 0 unspecified atom stereocenters. The van der Waals surface area contributed by atoms with Gasteiger partial charge in [0.25, 0.3) is 0 Å². The molecule has 0 saturated carbocycles. The predicted molar refractivity (Wildman–Crippen MR) is 68.6 cm³/mol. The van der Waals surface area contributed by atoms with Crippen LogP contribution < -0.4 is 5.69 Å². The number of benzene rings is 1. The maximum atomic E-state index is 11.9. The van der Waals surface area contributed by atoms with Crippen molar-refractivity contribution >= 4 is 27.0 Å². The molecular weight excluding hydrogens is 284 g/mol. The van der Waals surface area contributed by atoms with Gasteiger partial charge in [-0.2, -0.15) is 0 Å². The molecular formula is C12H9BrN2O2. The number of imidazole rings is 1. The van der Waals surface area contributed by atoms with E-state index in [0.29, 0.717) is 5.88 Å². The number of halogens is 1. The van der Waals surface area contributed by atoms with Crippen molar-refractivity contribution < 1.29 is 4.42 Å². The Balaban J connectivity index is 2.39. The molecule has 0 saturated heterocycles. The summed E-state index contributed by atoms with van der Waals surface area (Å²) in [5.74, 6) is 1.30. The van der Waals surface area contributed by atoms with Crippen molar-refractivity contribution in [2.75, 3.05) is 0 Å². The number of rotatable bonds is 1. The van der Waals surface area contributed by atoms with Crippen LogP contribution in [-0.4, -0.2) is 9.55 Å². The minimum atomic E-state index is -0.201. The molecule has 5 heteroatoms. The Morgan fingerprint density at radius 2 is 2.12 bits per heavy atom. The van der Waals surface area contributed by atoms with Crippen molar-refractivity contribution in [3.8, 4) is 5.88 Å². The van der Waals surface area contributed by atoms with E-state index in [-0.39, 0.29) is 5.69 Å². The second kappa shape index (κ2) is 3.63. The Bertz CT molecular complexity index is 751. The molecule has 17 heavy (non-hydrogen) atoms. The minimum absolute atomic E-state index is 0.201. The van der Waals surface area contributed by atoms with Crippen molar-refractivity contribution in [3.05, 3.63) is 51.0 Å². The number of furan rings is 1. The summed E-state index contributed by atoms with van der Waals surface area (Å²) < 4.78 is 7.92. The zero-order valence-corrected chi connectivity index (χ0v) is 10.6. The summed E-state index contributed by atoms with van der Waals surface area (Å²) in [6.07, 6.45) is 0. The summed E-state index contributed by atoms with van der Waals surface area (Å²) >= 11 is 3.39. The Morgan fingerprint density at radius 1 is 1.29 bits per heavy atom. The lowest BCUT2D eigenvalue weighted by Gasteiger charge is -1.98. The smallest absolute Gasteiger partial charge is 0.333 e. The van der Waals surface area contributed by atoms with E-state index < -0.39 is 0 Å². The molecule has 1 N–H and O–H groups in total. The Hall–Kier alpha value is -1.75. The van der Waals surface area contributed by atoms with Crippen LogP contribution in [0, 0.1) is 6.92 Å². The van der Waals surface area contributed by atoms with Gasteiger partial charge in [0.2, 0.25) is 5.88 Å². The monoisotopic (exact) mass is 292 g/mol. The molecule has 0 aliphatic carbocycles. The molecule has 0 spiro atoms. The van der Waals surface area contributed by atoms with Gasteiger partial charge < -0.3 is 9.40 Å². The van der Waals surface area contributed by atoms with Crippen LogP contribution in [0.25, 0.3) is 16.9 Å². The second-order valence-electron chi connectivity index (χ2n) is 3.81. The van der Waals surface area contributed by atoms with Gasteiger partial charge in [0.05, 0.1) is 11.0 Å². The van der Waals surface area contributed by atoms with E-state index in [1.165, 1.54) is 4.57 Å². The molecule has 3 rings (SSSR count). The van der Waals surface area contributed by atoms with Gasteiger partial charge in [0, 0.05) is 10.5 Å². The molecule has 2 aromatic heterocycles. The molecule has 0 bridgehead atoms. The van der Waals surface area contributed by atoms with Gasteiger partial charge in [-0.25, -0.2) is 9.36 Å². The SMILES string of the molecule is Cc1ccc(-n2c(=O)[nH]c3ccc(Br)cc32)o1. The number of hydrogen-bond donors (Lipinski definition) is 1. The van der Waals surface area contributed by atoms with Crippen LogP contribution in [0.4, 0.5) is 0 Å². The van der Waals surface area contributed by atoms with Crippen molar-refractivity contribution in [1.29, 1.82) is 0 Å².